The number of hydrogen-bond acceptors (Lipinski definition) is 4. The Bertz CT molecular complexity index is 570. The standard InChI is InChI=1S/C15H20N4O2/c20-15(17-6-5-12-9-16-11-18-12)14-4-3-13(21-14)10-19-7-1-2-8-19/h3-4,9,11H,1-2,5-8,10H2,(H,16,18)(H,17,20). The SMILES string of the molecule is O=C(NCCc1cnc[nH]1)c1ccc(CN2CCCC2)o1. The number of H-pyrrole nitrogens is 1. The van der Waals surface area contributed by atoms with Crippen LogP contribution in [0.5, 0.6) is 0 Å². The highest BCUT2D eigenvalue weighted by Gasteiger charge is 2.15. The molecule has 0 bridgehead atoms. The van der Waals surface area contributed by atoms with Gasteiger partial charge in [0, 0.05) is 24.9 Å². The van der Waals surface area contributed by atoms with Gasteiger partial charge in [-0.05, 0) is 38.1 Å². The summed E-state index contributed by atoms with van der Waals surface area (Å²) in [7, 11) is 0. The topological polar surface area (TPSA) is 74.2 Å². The Morgan fingerprint density at radius 1 is 1.38 bits per heavy atom. The van der Waals surface area contributed by atoms with Gasteiger partial charge in [-0.15, -0.1) is 0 Å². The summed E-state index contributed by atoms with van der Waals surface area (Å²) in [5, 5.41) is 2.85. The van der Waals surface area contributed by atoms with Gasteiger partial charge in [0.15, 0.2) is 5.76 Å². The highest BCUT2D eigenvalue weighted by Crippen LogP contribution is 2.15. The van der Waals surface area contributed by atoms with E-state index in [0.29, 0.717) is 12.3 Å². The maximum atomic E-state index is 12.0. The van der Waals surface area contributed by atoms with Crippen molar-refractivity contribution in [1.29, 1.82) is 0 Å². The first kappa shape index (κ1) is 13.9. The third kappa shape index (κ3) is 3.72. The van der Waals surface area contributed by atoms with E-state index in [4.69, 9.17) is 4.42 Å². The Morgan fingerprint density at radius 3 is 3.00 bits per heavy atom. The fraction of sp³-hybridized carbons (Fsp3) is 0.467. The highest BCUT2D eigenvalue weighted by atomic mass is 16.4. The minimum absolute atomic E-state index is 0.165. The van der Waals surface area contributed by atoms with Gasteiger partial charge in [-0.25, -0.2) is 4.98 Å². The van der Waals surface area contributed by atoms with Crippen LogP contribution in [0, 0.1) is 0 Å². The van der Waals surface area contributed by atoms with Gasteiger partial charge in [0.2, 0.25) is 0 Å². The van der Waals surface area contributed by atoms with Crippen molar-refractivity contribution in [1.82, 2.24) is 20.2 Å². The number of amides is 1. The molecule has 1 amide bonds. The van der Waals surface area contributed by atoms with Gasteiger partial charge in [0.1, 0.15) is 5.76 Å². The zero-order valence-corrected chi connectivity index (χ0v) is 12.0. The van der Waals surface area contributed by atoms with Gasteiger partial charge in [0.05, 0.1) is 12.9 Å². The maximum Gasteiger partial charge on any atom is 0.287 e. The molecule has 2 N–H and O–H groups in total. The zero-order chi connectivity index (χ0) is 14.5. The molecular weight excluding hydrogens is 268 g/mol. The molecule has 1 aliphatic rings. The lowest BCUT2D eigenvalue weighted by atomic mass is 10.3. The molecule has 0 radical (unpaired) electrons. The van der Waals surface area contributed by atoms with Gasteiger partial charge in [-0.2, -0.15) is 0 Å². The average Bonchev–Trinajstić information content (AvgIpc) is 3.20. The number of aromatic amines is 1. The minimum atomic E-state index is -0.165. The number of nitrogens with one attached hydrogen (secondary N) is 2. The van der Waals surface area contributed by atoms with E-state index in [0.717, 1.165) is 37.5 Å². The van der Waals surface area contributed by atoms with Crippen molar-refractivity contribution in [2.24, 2.45) is 0 Å². The molecule has 0 saturated carbocycles. The molecule has 3 heterocycles. The van der Waals surface area contributed by atoms with Gasteiger partial charge in [-0.3, -0.25) is 9.69 Å². The highest BCUT2D eigenvalue weighted by molar-refractivity contribution is 5.91. The van der Waals surface area contributed by atoms with Crippen LogP contribution < -0.4 is 5.32 Å². The number of aromatic nitrogens is 2. The quantitative estimate of drug-likeness (QED) is 0.846. The smallest absolute Gasteiger partial charge is 0.287 e. The van der Waals surface area contributed by atoms with E-state index in [9.17, 15) is 4.79 Å². The van der Waals surface area contributed by atoms with E-state index in [1.54, 1.807) is 18.6 Å². The van der Waals surface area contributed by atoms with Crippen LogP contribution in [0.2, 0.25) is 0 Å². The molecule has 21 heavy (non-hydrogen) atoms. The van der Waals surface area contributed by atoms with Crippen molar-refractivity contribution in [2.45, 2.75) is 25.8 Å². The maximum absolute atomic E-state index is 12.0. The van der Waals surface area contributed by atoms with E-state index >= 15 is 0 Å². The molecule has 2 aromatic heterocycles. The Labute approximate surface area is 123 Å². The van der Waals surface area contributed by atoms with Crippen LogP contribution in [0.4, 0.5) is 0 Å². The number of hydrogen-bond donors (Lipinski definition) is 2. The van der Waals surface area contributed by atoms with Crippen molar-refractivity contribution in [3.05, 3.63) is 41.9 Å². The second-order valence-corrected chi connectivity index (χ2v) is 5.33. The summed E-state index contributed by atoms with van der Waals surface area (Å²) in [6, 6.07) is 3.64. The molecule has 112 valence electrons. The average molecular weight is 288 g/mol. The minimum Gasteiger partial charge on any atom is -0.455 e. The summed E-state index contributed by atoms with van der Waals surface area (Å²) in [6.45, 7) is 3.59. The first-order chi connectivity index (χ1) is 10.3. The predicted molar refractivity (Wildman–Crippen MR) is 77.8 cm³/mol. The predicted octanol–water partition coefficient (Wildman–Crippen LogP) is 1.57. The van der Waals surface area contributed by atoms with Crippen LogP contribution in [0.3, 0.4) is 0 Å². The van der Waals surface area contributed by atoms with Crippen molar-refractivity contribution in [3.8, 4) is 0 Å². The van der Waals surface area contributed by atoms with E-state index in [1.165, 1.54) is 12.8 Å². The van der Waals surface area contributed by atoms with Crippen molar-refractivity contribution in [3.63, 3.8) is 0 Å². The molecule has 1 aliphatic heterocycles. The first-order valence-electron chi connectivity index (χ1n) is 7.38. The fourth-order valence-electron chi connectivity index (χ4n) is 2.57. The normalized spacial score (nSPS) is 15.4. The number of carbonyl (C=O) groups is 1. The van der Waals surface area contributed by atoms with Crippen molar-refractivity contribution >= 4 is 5.91 Å². The molecule has 0 atom stereocenters. The molecule has 2 aromatic rings. The molecule has 0 aromatic carbocycles. The first-order valence-corrected chi connectivity index (χ1v) is 7.38. The Balaban J connectivity index is 1.47. The number of likely N-dealkylation sites (tertiary alicyclic amines) is 1. The molecule has 1 saturated heterocycles. The van der Waals surface area contributed by atoms with Gasteiger partial charge in [0.25, 0.3) is 5.91 Å². The Kier molecular flexibility index (Phi) is 4.35. The summed E-state index contributed by atoms with van der Waals surface area (Å²) in [4.78, 5) is 21.3. The van der Waals surface area contributed by atoms with Gasteiger partial charge in [-0.1, -0.05) is 0 Å². The van der Waals surface area contributed by atoms with Gasteiger partial charge < -0.3 is 14.7 Å². The number of carbonyl (C=O) groups excluding carboxylic acids is 1. The van der Waals surface area contributed by atoms with Crippen LogP contribution in [-0.2, 0) is 13.0 Å². The van der Waals surface area contributed by atoms with E-state index in [-0.39, 0.29) is 5.91 Å². The molecule has 6 heteroatoms. The lowest BCUT2D eigenvalue weighted by Gasteiger charge is -2.11. The van der Waals surface area contributed by atoms with Crippen LogP contribution in [-0.4, -0.2) is 40.4 Å². The number of imidazole rings is 1. The van der Waals surface area contributed by atoms with Crippen LogP contribution in [0.15, 0.2) is 29.1 Å². The summed E-state index contributed by atoms with van der Waals surface area (Å²) in [6.07, 6.45) is 6.62. The lowest BCUT2D eigenvalue weighted by molar-refractivity contribution is 0.0923. The molecule has 1 fully saturated rings. The van der Waals surface area contributed by atoms with Crippen molar-refractivity contribution in [2.75, 3.05) is 19.6 Å². The zero-order valence-electron chi connectivity index (χ0n) is 12.0. The number of furan rings is 1. The van der Waals surface area contributed by atoms with Crippen LogP contribution >= 0.6 is 0 Å². The van der Waals surface area contributed by atoms with E-state index in [2.05, 4.69) is 20.2 Å². The fourth-order valence-corrected chi connectivity index (χ4v) is 2.57. The largest absolute Gasteiger partial charge is 0.455 e. The second kappa shape index (κ2) is 6.58. The molecule has 0 spiro atoms. The summed E-state index contributed by atoms with van der Waals surface area (Å²) in [5.74, 6) is 1.08. The third-order valence-electron chi connectivity index (χ3n) is 3.70. The molecule has 0 aliphatic carbocycles. The van der Waals surface area contributed by atoms with Crippen molar-refractivity contribution < 1.29 is 9.21 Å². The molecular formula is C15H20N4O2. The molecule has 6 nitrogen and oxygen atoms in total. The Morgan fingerprint density at radius 2 is 2.24 bits per heavy atom. The number of rotatable bonds is 6. The molecule has 0 unspecified atom stereocenters. The van der Waals surface area contributed by atoms with E-state index < -0.39 is 0 Å². The second-order valence-electron chi connectivity index (χ2n) is 5.33. The summed E-state index contributed by atoms with van der Waals surface area (Å²) >= 11 is 0. The monoisotopic (exact) mass is 288 g/mol. The van der Waals surface area contributed by atoms with Crippen LogP contribution in [0.25, 0.3) is 0 Å². The summed E-state index contributed by atoms with van der Waals surface area (Å²) in [5.41, 5.74) is 1.00. The third-order valence-corrected chi connectivity index (χ3v) is 3.70. The Hall–Kier alpha value is -2.08. The van der Waals surface area contributed by atoms with E-state index in [1.807, 2.05) is 6.07 Å². The lowest BCUT2D eigenvalue weighted by Crippen LogP contribution is -2.25. The summed E-state index contributed by atoms with van der Waals surface area (Å²) < 4.78 is 5.62. The molecule has 3 rings (SSSR count). The number of nitrogens with zero attached hydrogens (tertiary/aromatic N) is 2. The van der Waals surface area contributed by atoms with Gasteiger partial charge >= 0.3 is 0 Å². The van der Waals surface area contributed by atoms with Crippen LogP contribution in [0.1, 0.15) is 34.9 Å².